The maximum absolute atomic E-state index is 6.94. The minimum absolute atomic E-state index is 0.543. The molecule has 0 saturated carbocycles. The first-order chi connectivity index (χ1) is 33.2. The second kappa shape index (κ2) is 15.7. The van der Waals surface area contributed by atoms with E-state index in [0.29, 0.717) is 40.5 Å². The predicted molar refractivity (Wildman–Crippen MR) is 268 cm³/mol. The Morgan fingerprint density at radius 3 is 1.46 bits per heavy atom. The normalized spacial score (nSPS) is 12.8. The number of hydrogen-bond donors (Lipinski definition) is 0. The van der Waals surface area contributed by atoms with Crippen molar-refractivity contribution in [3.8, 4) is 90.5 Å². The topological polar surface area (TPSA) is 57.1 Å². The third-order valence-electron chi connectivity index (χ3n) is 13.3. The fourth-order valence-corrected chi connectivity index (χ4v) is 10.3. The third kappa shape index (κ3) is 6.28. The monoisotopic (exact) mass is 857 g/mol. The summed E-state index contributed by atoms with van der Waals surface area (Å²) in [6.45, 7) is 0. The molecule has 1 aromatic heterocycles. The molecule has 0 atom stereocenters. The van der Waals surface area contributed by atoms with Crippen molar-refractivity contribution in [3.05, 3.63) is 259 Å². The van der Waals surface area contributed by atoms with E-state index in [4.69, 9.17) is 24.4 Å². The molecule has 0 bridgehead atoms. The van der Waals surface area contributed by atoms with E-state index in [1.807, 2.05) is 48.5 Å². The van der Waals surface area contributed by atoms with Crippen molar-refractivity contribution in [2.24, 2.45) is 0 Å². The summed E-state index contributed by atoms with van der Waals surface area (Å²) in [7, 11) is 0. The highest BCUT2D eigenvalue weighted by molar-refractivity contribution is 6.04. The maximum atomic E-state index is 6.94. The van der Waals surface area contributed by atoms with Gasteiger partial charge in [-0.1, -0.05) is 212 Å². The van der Waals surface area contributed by atoms with E-state index in [9.17, 15) is 0 Å². The Hall–Kier alpha value is -8.93. The van der Waals surface area contributed by atoms with Crippen molar-refractivity contribution in [3.63, 3.8) is 0 Å². The van der Waals surface area contributed by atoms with Crippen LogP contribution in [0.4, 0.5) is 0 Å². The molecule has 2 aliphatic rings. The second-order valence-corrected chi connectivity index (χ2v) is 17.0. The lowest BCUT2D eigenvalue weighted by atomic mass is 9.67. The number of fused-ring (bicyclic) bond motifs is 6. The zero-order chi connectivity index (χ0) is 44.3. The lowest BCUT2D eigenvalue weighted by Gasteiger charge is -2.34. The summed E-state index contributed by atoms with van der Waals surface area (Å²) in [4.78, 5) is 15.3. The Morgan fingerprint density at radius 2 is 0.776 bits per heavy atom. The minimum atomic E-state index is -0.543. The highest BCUT2D eigenvalue weighted by Gasteiger charge is 2.47. The van der Waals surface area contributed by atoms with Crippen molar-refractivity contribution in [2.75, 3.05) is 0 Å². The van der Waals surface area contributed by atoms with E-state index >= 15 is 0 Å². The van der Waals surface area contributed by atoms with Gasteiger partial charge in [0, 0.05) is 22.3 Å². The number of para-hydroxylation sites is 1. The zero-order valence-electron chi connectivity index (χ0n) is 36.2. The van der Waals surface area contributed by atoms with Gasteiger partial charge in [0.25, 0.3) is 0 Å². The zero-order valence-corrected chi connectivity index (χ0v) is 36.2. The Morgan fingerprint density at radius 1 is 0.284 bits per heavy atom. The molecule has 5 heteroatoms. The third-order valence-corrected chi connectivity index (χ3v) is 13.3. The molecule has 10 aromatic carbocycles. The van der Waals surface area contributed by atoms with Crippen LogP contribution in [-0.2, 0) is 5.41 Å². The van der Waals surface area contributed by atoms with Crippen LogP contribution in [0.15, 0.2) is 237 Å². The van der Waals surface area contributed by atoms with Crippen LogP contribution in [0.25, 0.3) is 78.3 Å². The van der Waals surface area contributed by atoms with Gasteiger partial charge in [0.2, 0.25) is 0 Å². The highest BCUT2D eigenvalue weighted by Crippen LogP contribution is 2.60. The van der Waals surface area contributed by atoms with E-state index < -0.39 is 5.41 Å². The van der Waals surface area contributed by atoms with Gasteiger partial charge in [0.05, 0.1) is 5.41 Å². The summed E-state index contributed by atoms with van der Waals surface area (Å²) < 4.78 is 13.8. The van der Waals surface area contributed by atoms with Crippen molar-refractivity contribution in [1.82, 2.24) is 15.0 Å². The lowest BCUT2D eigenvalue weighted by molar-refractivity contribution is 0.360. The van der Waals surface area contributed by atoms with Gasteiger partial charge in [0.1, 0.15) is 0 Å². The van der Waals surface area contributed by atoms with Gasteiger partial charge in [-0.3, -0.25) is 0 Å². The summed E-state index contributed by atoms with van der Waals surface area (Å²) in [6.07, 6.45) is 0. The van der Waals surface area contributed by atoms with Gasteiger partial charge in [0.15, 0.2) is 40.5 Å². The lowest BCUT2D eigenvalue weighted by Crippen LogP contribution is -2.28. The Bertz CT molecular complexity index is 3630. The quantitative estimate of drug-likeness (QED) is 0.160. The van der Waals surface area contributed by atoms with Crippen LogP contribution in [-0.4, -0.2) is 15.0 Å². The summed E-state index contributed by atoms with van der Waals surface area (Å²) in [6, 6.07) is 82.5. The van der Waals surface area contributed by atoms with Crippen molar-refractivity contribution >= 4 is 10.8 Å². The smallest absolute Gasteiger partial charge is 0.177 e. The van der Waals surface area contributed by atoms with Crippen molar-refractivity contribution in [1.29, 1.82) is 0 Å². The van der Waals surface area contributed by atoms with Crippen LogP contribution in [0.3, 0.4) is 0 Å². The van der Waals surface area contributed by atoms with Crippen molar-refractivity contribution in [2.45, 2.75) is 5.41 Å². The number of benzene rings is 10. The average Bonchev–Trinajstić information content (AvgIpc) is 3.69. The van der Waals surface area contributed by atoms with Gasteiger partial charge in [-0.05, 0) is 85.1 Å². The number of nitrogens with zero attached hydrogens (tertiary/aromatic N) is 3. The molecule has 0 radical (unpaired) electrons. The van der Waals surface area contributed by atoms with E-state index in [2.05, 4.69) is 188 Å². The number of hydrogen-bond acceptors (Lipinski definition) is 5. The first-order valence-corrected chi connectivity index (χ1v) is 22.6. The maximum Gasteiger partial charge on any atom is 0.177 e. The molecule has 11 aromatic rings. The molecule has 0 saturated heterocycles. The van der Waals surface area contributed by atoms with Gasteiger partial charge in [-0.15, -0.1) is 0 Å². The van der Waals surface area contributed by atoms with Gasteiger partial charge in [-0.25, -0.2) is 15.0 Å². The fourth-order valence-electron chi connectivity index (χ4n) is 10.3. The van der Waals surface area contributed by atoms with E-state index in [0.717, 1.165) is 60.8 Å². The molecule has 1 aliphatic carbocycles. The van der Waals surface area contributed by atoms with Crippen LogP contribution in [0.5, 0.6) is 23.0 Å². The Labute approximate surface area is 388 Å². The molecular weight excluding hydrogens is 819 g/mol. The number of aromatic nitrogens is 3. The molecule has 0 unspecified atom stereocenters. The Kier molecular flexibility index (Phi) is 9.00. The molecule has 0 fully saturated rings. The molecule has 67 heavy (non-hydrogen) atoms. The van der Waals surface area contributed by atoms with Gasteiger partial charge >= 0.3 is 0 Å². The number of ether oxygens (including phenoxy) is 2. The van der Waals surface area contributed by atoms with Crippen LogP contribution in [0.2, 0.25) is 0 Å². The molecule has 13 rings (SSSR count). The van der Waals surface area contributed by atoms with E-state index in [1.54, 1.807) is 0 Å². The van der Waals surface area contributed by atoms with Crippen LogP contribution in [0.1, 0.15) is 22.3 Å². The number of rotatable bonds is 7. The molecule has 1 aliphatic heterocycles. The molecule has 0 amide bonds. The molecule has 0 N–H and O–H groups in total. The molecule has 2 heterocycles. The average molecular weight is 858 g/mol. The Balaban J connectivity index is 0.885. The molecule has 314 valence electrons. The first-order valence-electron chi connectivity index (χ1n) is 22.6. The van der Waals surface area contributed by atoms with Gasteiger partial charge < -0.3 is 9.47 Å². The van der Waals surface area contributed by atoms with E-state index in [-0.39, 0.29) is 0 Å². The standard InChI is InChI=1S/C62H39N3O2/c1-5-18-40(19-6-1)46-36-37-51(49-27-14-13-26-48(46)49)61-64-59(42-20-7-2-8-21-42)63-60(65-61)43-34-32-41(33-35-43)47-29-17-31-55-58(47)67-56-38-52-50-28-15-16-30-53(50)62(44-22-9-3-10-23-44,45-24-11-4-12-25-45)54(52)39-57(56)66-55/h1-39H. The van der Waals surface area contributed by atoms with E-state index in [1.165, 1.54) is 22.3 Å². The summed E-state index contributed by atoms with van der Waals surface area (Å²) in [5, 5.41) is 2.22. The second-order valence-electron chi connectivity index (χ2n) is 17.0. The first kappa shape index (κ1) is 38.5. The van der Waals surface area contributed by atoms with Crippen LogP contribution < -0.4 is 9.47 Å². The SMILES string of the molecule is c1ccc(-c2nc(-c3ccc(-c4cccc5c4Oc4cc6c(cc4O5)C(c4ccccc4)(c4ccccc4)c4ccccc4-6)cc3)nc(-c3ccc(-c4ccccc4)c4ccccc34)n2)cc1. The summed E-state index contributed by atoms with van der Waals surface area (Å²) >= 11 is 0. The summed E-state index contributed by atoms with van der Waals surface area (Å²) in [5.41, 5.74) is 13.5. The van der Waals surface area contributed by atoms with Crippen LogP contribution in [0, 0.1) is 0 Å². The van der Waals surface area contributed by atoms with Gasteiger partial charge in [-0.2, -0.15) is 0 Å². The molecule has 0 spiro atoms. The molecule has 5 nitrogen and oxygen atoms in total. The molecular formula is C62H39N3O2. The van der Waals surface area contributed by atoms with Crippen LogP contribution >= 0.6 is 0 Å². The fraction of sp³-hybridized carbons (Fsp3) is 0.0161. The van der Waals surface area contributed by atoms with Crippen molar-refractivity contribution < 1.29 is 9.47 Å². The predicted octanol–water partition coefficient (Wildman–Crippen LogP) is 15.6. The largest absolute Gasteiger partial charge is 0.449 e. The minimum Gasteiger partial charge on any atom is -0.449 e. The summed E-state index contributed by atoms with van der Waals surface area (Å²) in [5.74, 6) is 4.51. The highest BCUT2D eigenvalue weighted by atomic mass is 16.6.